The van der Waals surface area contributed by atoms with Crippen molar-refractivity contribution in [3.05, 3.63) is 17.7 Å². The molecule has 3 nitrogen and oxygen atoms in total. The number of fused-ring (bicyclic) bond motifs is 1. The second-order valence-electron chi connectivity index (χ2n) is 3.14. The van der Waals surface area contributed by atoms with Gasteiger partial charge in [0.1, 0.15) is 5.78 Å². The molecule has 0 aromatic carbocycles. The van der Waals surface area contributed by atoms with E-state index in [0.29, 0.717) is 18.6 Å². The summed E-state index contributed by atoms with van der Waals surface area (Å²) in [7, 11) is 0. The van der Waals surface area contributed by atoms with E-state index in [0.717, 1.165) is 18.7 Å². The van der Waals surface area contributed by atoms with Gasteiger partial charge in [-0.05, 0) is 13.3 Å². The molecule has 1 aromatic heterocycles. The van der Waals surface area contributed by atoms with E-state index in [1.54, 1.807) is 0 Å². The second-order valence-corrected chi connectivity index (χ2v) is 3.14. The number of carbonyl (C=O) groups excluding carboxylic acids is 1. The average molecular weight is 164 g/mol. The van der Waals surface area contributed by atoms with Crippen LogP contribution in [0.25, 0.3) is 0 Å². The molecule has 0 aliphatic heterocycles. The first kappa shape index (κ1) is 7.53. The summed E-state index contributed by atoms with van der Waals surface area (Å²) in [6, 6.07) is 0. The Hall–Kier alpha value is -1.12. The molecule has 0 radical (unpaired) electrons. The van der Waals surface area contributed by atoms with E-state index >= 15 is 0 Å². The van der Waals surface area contributed by atoms with Gasteiger partial charge in [0.15, 0.2) is 0 Å². The number of hydrogen-bond donors (Lipinski definition) is 0. The van der Waals surface area contributed by atoms with Crippen molar-refractivity contribution in [2.75, 3.05) is 0 Å². The smallest absolute Gasteiger partial charge is 0.139 e. The average Bonchev–Trinajstić information content (AvgIpc) is 2.46. The molecule has 0 atom stereocenters. The van der Waals surface area contributed by atoms with Crippen LogP contribution in [0.4, 0.5) is 0 Å². The Kier molecular flexibility index (Phi) is 1.71. The summed E-state index contributed by atoms with van der Waals surface area (Å²) >= 11 is 0. The molecular weight excluding hydrogens is 152 g/mol. The topological polar surface area (TPSA) is 34.9 Å². The fourth-order valence-electron chi connectivity index (χ4n) is 1.69. The number of rotatable bonds is 1. The number of imidazole rings is 1. The standard InChI is InChI=1S/C9H12N2O/c1-2-11-6-10-8-5-7(12)3-4-9(8)11/h6H,2-5H2,1H3. The lowest BCUT2D eigenvalue weighted by molar-refractivity contribution is -0.118. The third kappa shape index (κ3) is 1.05. The SMILES string of the molecule is CCn1cnc2c1CCC(=O)C2. The minimum atomic E-state index is 0.323. The molecule has 1 aromatic rings. The van der Waals surface area contributed by atoms with Crippen molar-refractivity contribution in [1.82, 2.24) is 9.55 Å². The van der Waals surface area contributed by atoms with Gasteiger partial charge in [-0.3, -0.25) is 4.79 Å². The molecular formula is C9H12N2O. The van der Waals surface area contributed by atoms with E-state index in [4.69, 9.17) is 0 Å². The molecule has 64 valence electrons. The van der Waals surface area contributed by atoms with Gasteiger partial charge in [0, 0.05) is 18.7 Å². The van der Waals surface area contributed by atoms with Gasteiger partial charge < -0.3 is 4.57 Å². The van der Waals surface area contributed by atoms with Crippen LogP contribution in [0.1, 0.15) is 24.7 Å². The maximum Gasteiger partial charge on any atom is 0.139 e. The predicted octanol–water partition coefficient (Wildman–Crippen LogP) is 0.961. The molecule has 1 aliphatic carbocycles. The third-order valence-corrected chi connectivity index (χ3v) is 2.38. The molecule has 2 rings (SSSR count). The number of Topliss-reactive ketones (excluding diaryl/α,β-unsaturated/α-hetero) is 1. The quantitative estimate of drug-likeness (QED) is 0.619. The Morgan fingerprint density at radius 2 is 2.42 bits per heavy atom. The molecule has 0 amide bonds. The van der Waals surface area contributed by atoms with Crippen molar-refractivity contribution in [2.45, 2.75) is 32.7 Å². The van der Waals surface area contributed by atoms with Crippen molar-refractivity contribution < 1.29 is 4.79 Å². The minimum absolute atomic E-state index is 0.323. The maximum absolute atomic E-state index is 11.1. The molecule has 1 aliphatic rings. The molecule has 0 saturated carbocycles. The Balaban J connectivity index is 2.38. The van der Waals surface area contributed by atoms with Crippen molar-refractivity contribution >= 4 is 5.78 Å². The molecule has 0 saturated heterocycles. The lowest BCUT2D eigenvalue weighted by Crippen LogP contribution is -2.15. The van der Waals surface area contributed by atoms with E-state index in [2.05, 4.69) is 16.5 Å². The molecule has 0 spiro atoms. The van der Waals surface area contributed by atoms with Crippen LogP contribution in [0.15, 0.2) is 6.33 Å². The molecule has 12 heavy (non-hydrogen) atoms. The van der Waals surface area contributed by atoms with Crippen LogP contribution in [0.3, 0.4) is 0 Å². The zero-order chi connectivity index (χ0) is 8.55. The van der Waals surface area contributed by atoms with Crippen molar-refractivity contribution in [1.29, 1.82) is 0 Å². The summed E-state index contributed by atoms with van der Waals surface area (Å²) in [6.45, 7) is 3.05. The second kappa shape index (κ2) is 2.73. The predicted molar refractivity (Wildman–Crippen MR) is 44.9 cm³/mol. The van der Waals surface area contributed by atoms with E-state index < -0.39 is 0 Å². The first-order valence-corrected chi connectivity index (χ1v) is 4.36. The summed E-state index contributed by atoms with van der Waals surface area (Å²) in [5, 5.41) is 0. The van der Waals surface area contributed by atoms with Crippen LogP contribution in [-0.4, -0.2) is 15.3 Å². The highest BCUT2D eigenvalue weighted by atomic mass is 16.1. The van der Waals surface area contributed by atoms with Crippen molar-refractivity contribution in [3.8, 4) is 0 Å². The highest BCUT2D eigenvalue weighted by Gasteiger charge is 2.19. The molecule has 1 heterocycles. The molecule has 0 fully saturated rings. The van der Waals surface area contributed by atoms with E-state index in [9.17, 15) is 4.79 Å². The van der Waals surface area contributed by atoms with Gasteiger partial charge in [0.25, 0.3) is 0 Å². The number of hydrogen-bond acceptors (Lipinski definition) is 2. The van der Waals surface area contributed by atoms with Gasteiger partial charge in [-0.2, -0.15) is 0 Å². The maximum atomic E-state index is 11.1. The Bertz CT molecular complexity index is 314. The minimum Gasteiger partial charge on any atom is -0.335 e. The van der Waals surface area contributed by atoms with Gasteiger partial charge in [-0.15, -0.1) is 0 Å². The number of aromatic nitrogens is 2. The largest absolute Gasteiger partial charge is 0.335 e. The zero-order valence-electron chi connectivity index (χ0n) is 7.21. The van der Waals surface area contributed by atoms with E-state index in [-0.39, 0.29) is 0 Å². The van der Waals surface area contributed by atoms with Crippen LogP contribution in [-0.2, 0) is 24.2 Å². The number of carbonyl (C=O) groups is 1. The lowest BCUT2D eigenvalue weighted by Gasteiger charge is -2.11. The van der Waals surface area contributed by atoms with Crippen LogP contribution in [0.5, 0.6) is 0 Å². The number of ketones is 1. The van der Waals surface area contributed by atoms with Crippen molar-refractivity contribution in [3.63, 3.8) is 0 Å². The Labute approximate surface area is 71.4 Å². The first-order chi connectivity index (χ1) is 5.81. The molecule has 0 N–H and O–H groups in total. The van der Waals surface area contributed by atoms with Gasteiger partial charge in [0.05, 0.1) is 18.4 Å². The highest BCUT2D eigenvalue weighted by molar-refractivity contribution is 5.82. The molecule has 0 unspecified atom stereocenters. The summed E-state index contributed by atoms with van der Waals surface area (Å²) in [5.74, 6) is 0.323. The first-order valence-electron chi connectivity index (χ1n) is 4.36. The number of nitrogens with zero attached hydrogens (tertiary/aromatic N) is 2. The van der Waals surface area contributed by atoms with E-state index in [1.807, 2.05) is 6.33 Å². The van der Waals surface area contributed by atoms with Crippen LogP contribution >= 0.6 is 0 Å². The summed E-state index contributed by atoms with van der Waals surface area (Å²) < 4.78 is 2.13. The van der Waals surface area contributed by atoms with Gasteiger partial charge in [-0.1, -0.05) is 0 Å². The van der Waals surface area contributed by atoms with Gasteiger partial charge in [0.2, 0.25) is 0 Å². The fourth-order valence-corrected chi connectivity index (χ4v) is 1.69. The zero-order valence-corrected chi connectivity index (χ0v) is 7.21. The van der Waals surface area contributed by atoms with Crippen LogP contribution in [0.2, 0.25) is 0 Å². The Morgan fingerprint density at radius 3 is 3.17 bits per heavy atom. The van der Waals surface area contributed by atoms with Gasteiger partial charge >= 0.3 is 0 Å². The lowest BCUT2D eigenvalue weighted by atomic mass is 10.00. The fraction of sp³-hybridized carbons (Fsp3) is 0.556. The monoisotopic (exact) mass is 164 g/mol. The Morgan fingerprint density at radius 1 is 1.58 bits per heavy atom. The molecule has 0 bridgehead atoms. The van der Waals surface area contributed by atoms with Crippen molar-refractivity contribution in [2.24, 2.45) is 0 Å². The summed E-state index contributed by atoms with van der Waals surface area (Å²) in [6.07, 6.45) is 3.95. The van der Waals surface area contributed by atoms with E-state index in [1.165, 1.54) is 5.69 Å². The third-order valence-electron chi connectivity index (χ3n) is 2.38. The van der Waals surface area contributed by atoms with Crippen LogP contribution in [0, 0.1) is 0 Å². The summed E-state index contributed by atoms with van der Waals surface area (Å²) in [5.41, 5.74) is 2.25. The van der Waals surface area contributed by atoms with Crippen LogP contribution < -0.4 is 0 Å². The highest BCUT2D eigenvalue weighted by Crippen LogP contribution is 2.17. The van der Waals surface area contributed by atoms with Gasteiger partial charge in [-0.25, -0.2) is 4.98 Å². The summed E-state index contributed by atoms with van der Waals surface area (Å²) in [4.78, 5) is 15.3. The normalized spacial score (nSPS) is 16.2. The number of aryl methyl sites for hydroxylation is 1. The molecule has 3 heteroatoms.